The second-order valence-electron chi connectivity index (χ2n) is 12.1. The minimum atomic E-state index is -1.08. The van der Waals surface area contributed by atoms with E-state index in [1.54, 1.807) is 20.8 Å². The zero-order valence-corrected chi connectivity index (χ0v) is 24.3. The van der Waals surface area contributed by atoms with Gasteiger partial charge in [0, 0.05) is 13.0 Å². The van der Waals surface area contributed by atoms with E-state index < -0.39 is 35.9 Å². The van der Waals surface area contributed by atoms with Crippen molar-refractivity contribution in [2.24, 2.45) is 5.92 Å². The first-order chi connectivity index (χ1) is 19.5. The van der Waals surface area contributed by atoms with Gasteiger partial charge in [0.25, 0.3) is 0 Å². The molecule has 2 fully saturated rings. The molecule has 0 unspecified atom stereocenters. The summed E-state index contributed by atoms with van der Waals surface area (Å²) < 4.78 is 11.6. The van der Waals surface area contributed by atoms with Crippen LogP contribution >= 0.6 is 0 Å². The number of amides is 2. The van der Waals surface area contributed by atoms with E-state index in [1.807, 2.05) is 42.5 Å². The fraction of sp³-hybridized carbons (Fsp3) is 0.485. The van der Waals surface area contributed by atoms with Crippen LogP contribution in [0.25, 0.3) is 17.2 Å². The molecule has 1 aliphatic heterocycles. The molecule has 41 heavy (non-hydrogen) atoms. The SMILES string of the molecule is C=Cc1cccc(-c2cccc(CO[C@@H]3C[C@@H](C(=O)O)N(C(=O)[C@@H](NC(=O)OC(C)(C)C)C4CCCCC4)C3)c2)c1. The predicted molar refractivity (Wildman–Crippen MR) is 158 cm³/mol. The zero-order chi connectivity index (χ0) is 29.6. The Morgan fingerprint density at radius 2 is 1.76 bits per heavy atom. The van der Waals surface area contributed by atoms with Crippen LogP contribution in [0.2, 0.25) is 0 Å². The lowest BCUT2D eigenvalue weighted by molar-refractivity contribution is -0.149. The van der Waals surface area contributed by atoms with Gasteiger partial charge in [-0.05, 0) is 73.9 Å². The Kier molecular flexibility index (Phi) is 9.86. The molecule has 1 saturated heterocycles. The van der Waals surface area contributed by atoms with E-state index >= 15 is 0 Å². The van der Waals surface area contributed by atoms with Crippen molar-refractivity contribution in [2.45, 2.75) is 89.7 Å². The Hall–Kier alpha value is -3.65. The summed E-state index contributed by atoms with van der Waals surface area (Å²) in [6.45, 7) is 9.57. The van der Waals surface area contributed by atoms with Crippen LogP contribution in [0.4, 0.5) is 4.79 Å². The number of nitrogens with zero attached hydrogens (tertiary/aromatic N) is 1. The summed E-state index contributed by atoms with van der Waals surface area (Å²) >= 11 is 0. The van der Waals surface area contributed by atoms with Crippen LogP contribution < -0.4 is 5.32 Å². The van der Waals surface area contributed by atoms with Gasteiger partial charge in [-0.2, -0.15) is 0 Å². The van der Waals surface area contributed by atoms with E-state index in [4.69, 9.17) is 9.47 Å². The number of alkyl carbamates (subject to hydrolysis) is 1. The fourth-order valence-electron chi connectivity index (χ4n) is 5.76. The average Bonchev–Trinajstić information content (AvgIpc) is 3.39. The lowest BCUT2D eigenvalue weighted by atomic mass is 9.83. The van der Waals surface area contributed by atoms with Gasteiger partial charge in [-0.25, -0.2) is 9.59 Å². The first-order valence-corrected chi connectivity index (χ1v) is 14.5. The minimum absolute atomic E-state index is 0.0690. The molecule has 2 amide bonds. The van der Waals surface area contributed by atoms with Crippen LogP contribution in [-0.2, 0) is 25.7 Å². The largest absolute Gasteiger partial charge is 0.480 e. The van der Waals surface area contributed by atoms with E-state index in [0.717, 1.165) is 54.4 Å². The average molecular weight is 563 g/mol. The maximum Gasteiger partial charge on any atom is 0.408 e. The molecule has 8 nitrogen and oxygen atoms in total. The van der Waals surface area contributed by atoms with Crippen molar-refractivity contribution in [2.75, 3.05) is 6.54 Å². The summed E-state index contributed by atoms with van der Waals surface area (Å²) in [7, 11) is 0. The molecule has 2 aromatic carbocycles. The van der Waals surface area contributed by atoms with Crippen LogP contribution in [0.5, 0.6) is 0 Å². The first kappa shape index (κ1) is 30.3. The van der Waals surface area contributed by atoms with Gasteiger partial charge < -0.3 is 24.8 Å². The van der Waals surface area contributed by atoms with Gasteiger partial charge in [0.2, 0.25) is 5.91 Å². The topological polar surface area (TPSA) is 105 Å². The van der Waals surface area contributed by atoms with Crippen molar-refractivity contribution in [3.05, 3.63) is 66.2 Å². The fourth-order valence-corrected chi connectivity index (χ4v) is 5.76. The van der Waals surface area contributed by atoms with E-state index in [2.05, 4.69) is 24.0 Å². The second-order valence-corrected chi connectivity index (χ2v) is 12.1. The van der Waals surface area contributed by atoms with Crippen LogP contribution in [0.15, 0.2) is 55.1 Å². The molecule has 220 valence electrons. The van der Waals surface area contributed by atoms with E-state index in [1.165, 1.54) is 4.90 Å². The summed E-state index contributed by atoms with van der Waals surface area (Å²) in [6.07, 6.45) is 5.50. The Balaban J connectivity index is 1.46. The Morgan fingerprint density at radius 1 is 1.07 bits per heavy atom. The molecule has 8 heteroatoms. The maximum atomic E-state index is 13.9. The number of carbonyl (C=O) groups excluding carboxylic acids is 2. The van der Waals surface area contributed by atoms with Gasteiger partial charge in [-0.15, -0.1) is 0 Å². The second kappa shape index (κ2) is 13.3. The number of likely N-dealkylation sites (tertiary alicyclic amines) is 1. The molecule has 2 aliphatic rings. The number of hydrogen-bond donors (Lipinski definition) is 2. The van der Waals surface area contributed by atoms with Crippen molar-refractivity contribution in [1.82, 2.24) is 10.2 Å². The van der Waals surface area contributed by atoms with Gasteiger partial charge in [-0.1, -0.05) is 68.3 Å². The molecule has 0 spiro atoms. The molecule has 0 aromatic heterocycles. The third-order valence-corrected chi connectivity index (χ3v) is 7.76. The predicted octanol–water partition coefficient (Wildman–Crippen LogP) is 6.04. The number of benzene rings is 2. The molecule has 1 heterocycles. The maximum absolute atomic E-state index is 13.9. The minimum Gasteiger partial charge on any atom is -0.480 e. The number of carboxylic acid groups (broad SMARTS) is 1. The van der Waals surface area contributed by atoms with E-state index in [0.29, 0.717) is 0 Å². The highest BCUT2D eigenvalue weighted by molar-refractivity contribution is 5.90. The standard InChI is InChI=1S/C33H42N2O6/c1-5-22-11-9-15-25(17-22)26-16-10-12-23(18-26)21-40-27-19-28(31(37)38)35(20-27)30(36)29(24-13-7-6-8-14-24)34-32(39)41-33(2,3)4/h5,9-12,15-18,24,27-29H,1,6-8,13-14,19-21H2,2-4H3,(H,34,39)(H,37,38)/t27-,28+,29+/m1/s1. The Morgan fingerprint density at radius 3 is 2.41 bits per heavy atom. The number of hydrogen-bond acceptors (Lipinski definition) is 5. The number of ether oxygens (including phenoxy) is 2. The highest BCUT2D eigenvalue weighted by Gasteiger charge is 2.44. The van der Waals surface area contributed by atoms with Crippen LogP contribution in [0.3, 0.4) is 0 Å². The van der Waals surface area contributed by atoms with Crippen LogP contribution in [0, 0.1) is 5.92 Å². The first-order valence-electron chi connectivity index (χ1n) is 14.5. The summed E-state index contributed by atoms with van der Waals surface area (Å²) in [4.78, 5) is 40.2. The molecular weight excluding hydrogens is 520 g/mol. The zero-order valence-electron chi connectivity index (χ0n) is 24.3. The number of nitrogens with one attached hydrogen (secondary N) is 1. The lowest BCUT2D eigenvalue weighted by Gasteiger charge is -2.34. The third kappa shape index (κ3) is 8.19. The van der Waals surface area contributed by atoms with Gasteiger partial charge in [0.05, 0.1) is 12.7 Å². The highest BCUT2D eigenvalue weighted by atomic mass is 16.6. The molecule has 0 radical (unpaired) electrons. The van der Waals surface area contributed by atoms with Crippen molar-refractivity contribution in [3.63, 3.8) is 0 Å². The smallest absolute Gasteiger partial charge is 0.408 e. The molecule has 0 bridgehead atoms. The van der Waals surface area contributed by atoms with Gasteiger partial charge in [0.15, 0.2) is 0 Å². The monoisotopic (exact) mass is 562 g/mol. The normalized spacial score (nSPS) is 20.3. The van der Waals surface area contributed by atoms with Crippen LogP contribution in [-0.4, -0.2) is 58.3 Å². The number of rotatable bonds is 9. The molecular formula is C33H42N2O6. The molecule has 2 N–H and O–H groups in total. The lowest BCUT2D eigenvalue weighted by Crippen LogP contribution is -2.55. The van der Waals surface area contributed by atoms with Gasteiger partial charge in [-0.3, -0.25) is 4.79 Å². The van der Waals surface area contributed by atoms with E-state index in [-0.39, 0.29) is 31.4 Å². The van der Waals surface area contributed by atoms with Gasteiger partial charge in [0.1, 0.15) is 17.7 Å². The molecule has 3 atom stereocenters. The van der Waals surface area contributed by atoms with Crippen molar-refractivity contribution in [1.29, 1.82) is 0 Å². The highest BCUT2D eigenvalue weighted by Crippen LogP contribution is 2.31. The third-order valence-electron chi connectivity index (χ3n) is 7.76. The summed E-state index contributed by atoms with van der Waals surface area (Å²) in [6, 6.07) is 14.3. The summed E-state index contributed by atoms with van der Waals surface area (Å²) in [5, 5.41) is 12.8. The van der Waals surface area contributed by atoms with Crippen LogP contribution in [0.1, 0.15) is 70.4 Å². The molecule has 1 aliphatic carbocycles. The quantitative estimate of drug-likeness (QED) is 0.386. The van der Waals surface area contributed by atoms with Crippen molar-refractivity contribution >= 4 is 24.0 Å². The Labute approximate surface area is 242 Å². The number of aliphatic carboxylic acids is 1. The van der Waals surface area contributed by atoms with E-state index in [9.17, 15) is 19.5 Å². The molecule has 4 rings (SSSR count). The van der Waals surface area contributed by atoms with Gasteiger partial charge >= 0.3 is 12.1 Å². The number of carbonyl (C=O) groups is 3. The molecule has 2 aromatic rings. The van der Waals surface area contributed by atoms with Crippen molar-refractivity contribution < 1.29 is 29.0 Å². The Bertz CT molecular complexity index is 1250. The number of carboxylic acids is 1. The van der Waals surface area contributed by atoms with Crippen molar-refractivity contribution in [3.8, 4) is 11.1 Å². The summed E-state index contributed by atoms with van der Waals surface area (Å²) in [5.41, 5.74) is 3.39. The summed E-state index contributed by atoms with van der Waals surface area (Å²) in [5.74, 6) is -1.53. The molecule has 1 saturated carbocycles.